The van der Waals surface area contributed by atoms with Crippen molar-refractivity contribution in [3.05, 3.63) is 30.1 Å². The zero-order valence-electron chi connectivity index (χ0n) is 11.8. The molecule has 21 heavy (non-hydrogen) atoms. The molecular formula is C14H15N5OS. The number of hydrogen-bond donors (Lipinski definition) is 1. The maximum absolute atomic E-state index is 11.3. The van der Waals surface area contributed by atoms with Gasteiger partial charge in [0.05, 0.1) is 0 Å². The number of aromatic nitrogens is 4. The summed E-state index contributed by atoms with van der Waals surface area (Å²) in [5.74, 6) is 0.869. The Morgan fingerprint density at radius 3 is 2.67 bits per heavy atom. The minimum absolute atomic E-state index is 0.00845. The summed E-state index contributed by atoms with van der Waals surface area (Å²) in [5, 5.41) is 16.5. The summed E-state index contributed by atoms with van der Waals surface area (Å²) in [4.78, 5) is 12.1. The van der Waals surface area contributed by atoms with Gasteiger partial charge in [-0.05, 0) is 24.3 Å². The number of anilines is 1. The minimum Gasteiger partial charge on any atom is -0.326 e. The maximum atomic E-state index is 11.3. The van der Waals surface area contributed by atoms with Crippen LogP contribution in [0.5, 0.6) is 0 Å². The van der Waals surface area contributed by atoms with E-state index in [4.69, 9.17) is 0 Å². The zero-order valence-corrected chi connectivity index (χ0v) is 12.6. The van der Waals surface area contributed by atoms with Gasteiger partial charge in [0, 0.05) is 24.1 Å². The Labute approximate surface area is 125 Å². The topological polar surface area (TPSA) is 72.2 Å². The van der Waals surface area contributed by atoms with Crippen molar-refractivity contribution in [2.45, 2.75) is 26.7 Å². The molecule has 1 N–H and O–H groups in total. The van der Waals surface area contributed by atoms with Crippen molar-refractivity contribution in [1.82, 2.24) is 19.8 Å². The van der Waals surface area contributed by atoms with E-state index < -0.39 is 0 Å². The molecule has 3 aromatic rings. The summed E-state index contributed by atoms with van der Waals surface area (Å²) >= 11 is 1.50. The summed E-state index contributed by atoms with van der Waals surface area (Å²) in [5.41, 5.74) is 1.80. The number of carbonyl (C=O) groups is 1. The number of nitrogens with one attached hydrogen (secondary N) is 1. The van der Waals surface area contributed by atoms with E-state index in [9.17, 15) is 4.79 Å². The average Bonchev–Trinajstić information content (AvgIpc) is 3.07. The van der Waals surface area contributed by atoms with Crippen molar-refractivity contribution in [3.8, 4) is 10.6 Å². The van der Waals surface area contributed by atoms with Crippen molar-refractivity contribution in [3.63, 3.8) is 0 Å². The Bertz CT molecular complexity index is 774. The number of nitrogens with zero attached hydrogens (tertiary/aromatic N) is 4. The fraction of sp³-hybridized carbons (Fsp3) is 0.286. The lowest BCUT2D eigenvalue weighted by Gasteiger charge is -2.03. The molecule has 6 nitrogen and oxygen atoms in total. The van der Waals surface area contributed by atoms with Crippen LogP contribution in [0.15, 0.2) is 24.3 Å². The molecule has 0 atom stereocenters. The highest BCUT2D eigenvalue weighted by Gasteiger charge is 2.11. The SMILES string of the molecule is CCC(=O)Nc1ccc(-c2nn3c(CC)nnc3s2)cc1. The van der Waals surface area contributed by atoms with Crippen LogP contribution in [0.4, 0.5) is 5.69 Å². The average molecular weight is 301 g/mol. The van der Waals surface area contributed by atoms with E-state index in [0.717, 1.165) is 33.5 Å². The van der Waals surface area contributed by atoms with Gasteiger partial charge in [0.2, 0.25) is 10.9 Å². The third-order valence-corrected chi connectivity index (χ3v) is 4.06. The number of fused-ring (bicyclic) bond motifs is 1. The maximum Gasteiger partial charge on any atom is 0.234 e. The van der Waals surface area contributed by atoms with Gasteiger partial charge in [-0.15, -0.1) is 10.2 Å². The number of amides is 1. The molecule has 0 aliphatic rings. The Hall–Kier alpha value is -2.28. The molecule has 0 aliphatic carbocycles. The quantitative estimate of drug-likeness (QED) is 0.804. The van der Waals surface area contributed by atoms with Crippen molar-refractivity contribution in [1.29, 1.82) is 0 Å². The molecule has 1 aromatic carbocycles. The van der Waals surface area contributed by atoms with Gasteiger partial charge in [0.1, 0.15) is 5.01 Å². The number of benzene rings is 1. The van der Waals surface area contributed by atoms with E-state index >= 15 is 0 Å². The molecule has 0 saturated carbocycles. The van der Waals surface area contributed by atoms with Crippen LogP contribution in [0.25, 0.3) is 15.5 Å². The highest BCUT2D eigenvalue weighted by molar-refractivity contribution is 7.19. The van der Waals surface area contributed by atoms with Crippen LogP contribution >= 0.6 is 11.3 Å². The third kappa shape index (κ3) is 2.64. The van der Waals surface area contributed by atoms with Crippen LogP contribution in [0.3, 0.4) is 0 Å². The van der Waals surface area contributed by atoms with E-state index in [0.29, 0.717) is 6.42 Å². The first-order chi connectivity index (χ1) is 10.2. The summed E-state index contributed by atoms with van der Waals surface area (Å²) in [6.45, 7) is 3.86. The van der Waals surface area contributed by atoms with Crippen molar-refractivity contribution in [2.75, 3.05) is 5.32 Å². The van der Waals surface area contributed by atoms with Crippen LogP contribution in [0, 0.1) is 0 Å². The molecule has 2 aromatic heterocycles. The number of aryl methyl sites for hydroxylation is 1. The number of rotatable bonds is 4. The van der Waals surface area contributed by atoms with Crippen LogP contribution in [0.1, 0.15) is 26.1 Å². The first-order valence-electron chi connectivity index (χ1n) is 6.82. The predicted molar refractivity (Wildman–Crippen MR) is 82.4 cm³/mol. The minimum atomic E-state index is 0.00845. The molecule has 1 amide bonds. The molecule has 0 fully saturated rings. The Morgan fingerprint density at radius 2 is 2.00 bits per heavy atom. The van der Waals surface area contributed by atoms with E-state index in [-0.39, 0.29) is 5.91 Å². The number of hydrogen-bond acceptors (Lipinski definition) is 5. The highest BCUT2D eigenvalue weighted by Crippen LogP contribution is 2.26. The van der Waals surface area contributed by atoms with E-state index in [1.807, 2.05) is 38.1 Å². The van der Waals surface area contributed by atoms with E-state index in [2.05, 4.69) is 20.6 Å². The lowest BCUT2D eigenvalue weighted by atomic mass is 10.2. The summed E-state index contributed by atoms with van der Waals surface area (Å²) in [6, 6.07) is 7.66. The summed E-state index contributed by atoms with van der Waals surface area (Å²) in [7, 11) is 0. The van der Waals surface area contributed by atoms with E-state index in [1.165, 1.54) is 11.3 Å². The first-order valence-corrected chi connectivity index (χ1v) is 7.64. The second-order valence-electron chi connectivity index (χ2n) is 4.55. The molecule has 0 spiro atoms. The summed E-state index contributed by atoms with van der Waals surface area (Å²) in [6.07, 6.45) is 1.27. The lowest BCUT2D eigenvalue weighted by molar-refractivity contribution is -0.115. The van der Waals surface area contributed by atoms with Crippen LogP contribution in [-0.2, 0) is 11.2 Å². The van der Waals surface area contributed by atoms with Crippen molar-refractivity contribution in [2.24, 2.45) is 0 Å². The van der Waals surface area contributed by atoms with Gasteiger partial charge in [-0.2, -0.15) is 9.61 Å². The van der Waals surface area contributed by atoms with Crippen molar-refractivity contribution >= 4 is 27.9 Å². The predicted octanol–water partition coefficient (Wildman–Crippen LogP) is 2.76. The number of carbonyl (C=O) groups excluding carboxylic acids is 1. The summed E-state index contributed by atoms with van der Waals surface area (Å²) < 4.78 is 1.78. The second kappa shape index (κ2) is 5.61. The Kier molecular flexibility index (Phi) is 3.66. The fourth-order valence-corrected chi connectivity index (χ4v) is 2.80. The molecule has 108 valence electrons. The van der Waals surface area contributed by atoms with E-state index in [1.54, 1.807) is 4.52 Å². The third-order valence-electron chi connectivity index (χ3n) is 3.11. The normalized spacial score (nSPS) is 11.0. The molecule has 0 aliphatic heterocycles. The zero-order chi connectivity index (χ0) is 14.8. The molecule has 7 heteroatoms. The van der Waals surface area contributed by atoms with Gasteiger partial charge in [-0.1, -0.05) is 25.2 Å². The van der Waals surface area contributed by atoms with Gasteiger partial charge >= 0.3 is 0 Å². The smallest absolute Gasteiger partial charge is 0.234 e. The monoisotopic (exact) mass is 301 g/mol. The molecule has 0 radical (unpaired) electrons. The molecular weight excluding hydrogens is 286 g/mol. The molecule has 0 unspecified atom stereocenters. The Morgan fingerprint density at radius 1 is 1.24 bits per heavy atom. The van der Waals surface area contributed by atoms with Crippen LogP contribution < -0.4 is 5.32 Å². The highest BCUT2D eigenvalue weighted by atomic mass is 32.1. The second-order valence-corrected chi connectivity index (χ2v) is 5.51. The van der Waals surface area contributed by atoms with Gasteiger partial charge in [0.25, 0.3) is 0 Å². The first kappa shape index (κ1) is 13.7. The van der Waals surface area contributed by atoms with Gasteiger partial charge in [-0.25, -0.2) is 0 Å². The van der Waals surface area contributed by atoms with Gasteiger partial charge in [0.15, 0.2) is 5.82 Å². The molecule has 0 saturated heterocycles. The van der Waals surface area contributed by atoms with Gasteiger partial charge in [-0.3, -0.25) is 4.79 Å². The fourth-order valence-electron chi connectivity index (χ4n) is 1.94. The van der Waals surface area contributed by atoms with Crippen LogP contribution in [0.2, 0.25) is 0 Å². The Balaban J connectivity index is 1.88. The molecule has 3 rings (SSSR count). The standard InChI is InChI=1S/C14H15N5OS/c1-3-11-16-17-14-19(11)18-13(21-14)9-5-7-10(8-6-9)15-12(20)4-2/h5-8H,3-4H2,1-2H3,(H,15,20). The molecule has 0 bridgehead atoms. The van der Waals surface area contributed by atoms with Crippen molar-refractivity contribution < 1.29 is 4.79 Å². The largest absolute Gasteiger partial charge is 0.326 e. The lowest BCUT2D eigenvalue weighted by Crippen LogP contribution is -2.08. The van der Waals surface area contributed by atoms with Gasteiger partial charge < -0.3 is 5.32 Å². The van der Waals surface area contributed by atoms with Crippen LogP contribution in [-0.4, -0.2) is 25.7 Å². The molecule has 2 heterocycles.